The summed E-state index contributed by atoms with van der Waals surface area (Å²) in [6.45, 7) is 0. The summed E-state index contributed by atoms with van der Waals surface area (Å²) in [4.78, 5) is 0. The zero-order chi connectivity index (χ0) is 11.5. The monoisotopic (exact) mass is 235 g/mol. The van der Waals surface area contributed by atoms with Gasteiger partial charge in [-0.15, -0.1) is 13.2 Å². The van der Waals surface area contributed by atoms with Crippen LogP contribution in [0, 0.1) is 11.3 Å². The Labute approximate surface area is 88.8 Å². The van der Waals surface area contributed by atoms with Crippen LogP contribution in [0.4, 0.5) is 13.2 Å². The van der Waals surface area contributed by atoms with E-state index in [1.807, 2.05) is 0 Å². The van der Waals surface area contributed by atoms with Gasteiger partial charge < -0.3 is 4.74 Å². The van der Waals surface area contributed by atoms with Gasteiger partial charge in [0.2, 0.25) is 0 Å². The third kappa shape index (κ3) is 3.33. The summed E-state index contributed by atoms with van der Waals surface area (Å²) >= 11 is 5.62. The fourth-order valence-corrected chi connectivity index (χ4v) is 1.21. The molecule has 0 saturated heterocycles. The van der Waals surface area contributed by atoms with E-state index in [0.717, 1.165) is 6.07 Å². The summed E-state index contributed by atoms with van der Waals surface area (Å²) in [5.41, 5.74) is 0.306. The van der Waals surface area contributed by atoms with Gasteiger partial charge >= 0.3 is 6.36 Å². The Hall–Kier alpha value is -1.41. The van der Waals surface area contributed by atoms with E-state index in [9.17, 15) is 13.2 Å². The molecule has 6 heteroatoms. The smallest absolute Gasteiger partial charge is 0.404 e. The van der Waals surface area contributed by atoms with Gasteiger partial charge in [-0.05, 0) is 11.6 Å². The number of benzene rings is 1. The first-order valence-electron chi connectivity index (χ1n) is 3.84. The van der Waals surface area contributed by atoms with Crippen molar-refractivity contribution in [3.8, 4) is 11.8 Å². The fraction of sp³-hybridized carbons (Fsp3) is 0.222. The Morgan fingerprint density at radius 3 is 2.60 bits per heavy atom. The second-order valence-electron chi connectivity index (χ2n) is 2.61. The van der Waals surface area contributed by atoms with Gasteiger partial charge in [0.05, 0.1) is 17.5 Å². The van der Waals surface area contributed by atoms with Crippen LogP contribution in [0.3, 0.4) is 0 Å². The first-order chi connectivity index (χ1) is 6.94. The van der Waals surface area contributed by atoms with Gasteiger partial charge in [0.25, 0.3) is 0 Å². The molecule has 0 radical (unpaired) electrons. The minimum absolute atomic E-state index is 0.0616. The molecule has 2 nitrogen and oxygen atoms in total. The summed E-state index contributed by atoms with van der Waals surface area (Å²) in [7, 11) is 0. The van der Waals surface area contributed by atoms with Crippen molar-refractivity contribution in [1.29, 1.82) is 5.26 Å². The van der Waals surface area contributed by atoms with E-state index in [1.165, 1.54) is 12.1 Å². The normalized spacial score (nSPS) is 10.9. The zero-order valence-corrected chi connectivity index (χ0v) is 8.06. The van der Waals surface area contributed by atoms with Crippen molar-refractivity contribution in [3.05, 3.63) is 28.8 Å². The summed E-state index contributed by atoms with van der Waals surface area (Å²) in [6, 6.07) is 5.70. The van der Waals surface area contributed by atoms with Crippen molar-refractivity contribution in [2.75, 3.05) is 0 Å². The topological polar surface area (TPSA) is 33.0 Å². The highest BCUT2D eigenvalue weighted by Crippen LogP contribution is 2.32. The van der Waals surface area contributed by atoms with Gasteiger partial charge in [0.15, 0.2) is 0 Å². The SMILES string of the molecule is N#CCc1cccc(OC(F)(F)F)c1Cl. The average molecular weight is 236 g/mol. The molecule has 0 fully saturated rings. The largest absolute Gasteiger partial charge is 0.573 e. The third-order valence-electron chi connectivity index (χ3n) is 1.54. The summed E-state index contributed by atoms with van der Waals surface area (Å²) in [5.74, 6) is -0.489. The zero-order valence-electron chi connectivity index (χ0n) is 7.31. The highest BCUT2D eigenvalue weighted by Gasteiger charge is 2.32. The maximum absolute atomic E-state index is 11.9. The molecule has 0 heterocycles. The predicted molar refractivity (Wildman–Crippen MR) is 47.5 cm³/mol. The Kier molecular flexibility index (Phi) is 3.43. The quantitative estimate of drug-likeness (QED) is 0.788. The number of hydrogen-bond donors (Lipinski definition) is 0. The van der Waals surface area contributed by atoms with Gasteiger partial charge in [0, 0.05) is 0 Å². The first kappa shape index (κ1) is 11.7. The van der Waals surface area contributed by atoms with Gasteiger partial charge in [-0.25, -0.2) is 0 Å². The molecule has 0 aromatic heterocycles. The molecule has 1 rings (SSSR count). The van der Waals surface area contributed by atoms with Gasteiger partial charge in [-0.3, -0.25) is 0 Å². The van der Waals surface area contributed by atoms with E-state index in [2.05, 4.69) is 4.74 Å². The number of hydrogen-bond acceptors (Lipinski definition) is 2. The molecule has 1 aromatic carbocycles. The molecule has 0 N–H and O–H groups in total. The number of nitrogens with zero attached hydrogens (tertiary/aromatic N) is 1. The van der Waals surface area contributed by atoms with E-state index in [1.54, 1.807) is 6.07 Å². The third-order valence-corrected chi connectivity index (χ3v) is 1.97. The number of alkyl halides is 3. The van der Waals surface area contributed by atoms with Crippen LogP contribution in [0.2, 0.25) is 5.02 Å². The summed E-state index contributed by atoms with van der Waals surface area (Å²) in [6.07, 6.45) is -4.84. The van der Waals surface area contributed by atoms with Crippen molar-refractivity contribution in [1.82, 2.24) is 0 Å². The lowest BCUT2D eigenvalue weighted by molar-refractivity contribution is -0.274. The highest BCUT2D eigenvalue weighted by molar-refractivity contribution is 6.32. The van der Waals surface area contributed by atoms with E-state index in [-0.39, 0.29) is 11.4 Å². The number of halogens is 4. The van der Waals surface area contributed by atoms with Crippen LogP contribution in [-0.4, -0.2) is 6.36 Å². The molecule has 0 bridgehead atoms. The molecule has 0 atom stereocenters. The van der Waals surface area contributed by atoms with Gasteiger partial charge in [-0.1, -0.05) is 23.7 Å². The van der Waals surface area contributed by atoms with Crippen LogP contribution in [0.15, 0.2) is 18.2 Å². The van der Waals surface area contributed by atoms with Crippen LogP contribution in [0.25, 0.3) is 0 Å². The minimum Gasteiger partial charge on any atom is -0.404 e. The Bertz CT molecular complexity index is 397. The molecule has 0 aliphatic heterocycles. The standard InChI is InChI=1S/C9H5ClF3NO/c10-8-6(4-5-14)2-1-3-7(8)15-9(11,12)13/h1-3H,4H2. The van der Waals surface area contributed by atoms with Crippen molar-refractivity contribution in [2.24, 2.45) is 0 Å². The van der Waals surface area contributed by atoms with Crippen molar-refractivity contribution in [2.45, 2.75) is 12.8 Å². The Morgan fingerprint density at radius 1 is 1.40 bits per heavy atom. The Morgan fingerprint density at radius 2 is 2.07 bits per heavy atom. The van der Waals surface area contributed by atoms with Crippen molar-refractivity contribution in [3.63, 3.8) is 0 Å². The lowest BCUT2D eigenvalue weighted by atomic mass is 10.1. The van der Waals surface area contributed by atoms with E-state index >= 15 is 0 Å². The second kappa shape index (κ2) is 4.41. The van der Waals surface area contributed by atoms with Gasteiger partial charge in [-0.2, -0.15) is 5.26 Å². The molecular formula is C9H5ClF3NO. The van der Waals surface area contributed by atoms with Crippen LogP contribution in [0.1, 0.15) is 5.56 Å². The van der Waals surface area contributed by atoms with Gasteiger partial charge in [0.1, 0.15) is 5.75 Å². The maximum Gasteiger partial charge on any atom is 0.573 e. The predicted octanol–water partition coefficient (Wildman–Crippen LogP) is 3.30. The first-order valence-corrected chi connectivity index (χ1v) is 4.22. The van der Waals surface area contributed by atoms with Crippen LogP contribution in [-0.2, 0) is 6.42 Å². The average Bonchev–Trinajstić information content (AvgIpc) is 2.10. The van der Waals surface area contributed by atoms with Crippen molar-refractivity contribution >= 4 is 11.6 Å². The van der Waals surface area contributed by atoms with Crippen molar-refractivity contribution < 1.29 is 17.9 Å². The molecule has 0 saturated carbocycles. The van der Waals surface area contributed by atoms with Crippen LogP contribution < -0.4 is 4.74 Å². The molecular weight excluding hydrogens is 231 g/mol. The van der Waals surface area contributed by atoms with Crippen LogP contribution >= 0.6 is 11.6 Å². The number of ether oxygens (including phenoxy) is 1. The minimum atomic E-state index is -4.78. The molecule has 1 aromatic rings. The highest BCUT2D eigenvalue weighted by atomic mass is 35.5. The molecule has 0 unspecified atom stereocenters. The molecule has 0 amide bonds. The van der Waals surface area contributed by atoms with E-state index in [0.29, 0.717) is 5.56 Å². The summed E-state index contributed by atoms with van der Waals surface area (Å²) in [5, 5.41) is 8.21. The molecule has 0 aliphatic carbocycles. The lowest BCUT2D eigenvalue weighted by Gasteiger charge is -2.11. The van der Waals surface area contributed by atoms with E-state index in [4.69, 9.17) is 16.9 Å². The molecule has 80 valence electrons. The maximum atomic E-state index is 11.9. The molecule has 0 spiro atoms. The molecule has 0 aliphatic rings. The lowest BCUT2D eigenvalue weighted by Crippen LogP contribution is -2.17. The number of rotatable bonds is 2. The van der Waals surface area contributed by atoms with Crippen LogP contribution in [0.5, 0.6) is 5.75 Å². The van der Waals surface area contributed by atoms with E-state index < -0.39 is 12.1 Å². The Balaban J connectivity index is 3.00. The number of nitriles is 1. The second-order valence-corrected chi connectivity index (χ2v) is 2.99. The molecule has 15 heavy (non-hydrogen) atoms. The fourth-order valence-electron chi connectivity index (χ4n) is 0.981. The summed E-state index contributed by atoms with van der Waals surface area (Å²) < 4.78 is 39.4.